The normalized spacial score (nSPS) is 9.33. The summed E-state index contributed by atoms with van der Waals surface area (Å²) in [4.78, 5) is 9.79. The summed E-state index contributed by atoms with van der Waals surface area (Å²) >= 11 is 0. The zero-order valence-corrected chi connectivity index (χ0v) is 4.33. The molecule has 0 aliphatic carbocycles. The highest BCUT2D eigenvalue weighted by atomic mass is 31.1. The van der Waals surface area contributed by atoms with Crippen LogP contribution in [0.3, 0.4) is 0 Å². The number of hydrogen-bond donors (Lipinski definition) is 0. The topological polar surface area (TPSA) is 34.1 Å². The summed E-state index contributed by atoms with van der Waals surface area (Å²) < 4.78 is 9.52. The van der Waals surface area contributed by atoms with Gasteiger partial charge in [0.1, 0.15) is 8.46 Å². The second-order valence-electron chi connectivity index (χ2n) is 0.724. The number of carbonyl (C=O) groups is 1. The zero-order chi connectivity index (χ0) is 4.99. The van der Waals surface area contributed by atoms with E-state index < -0.39 is 8.46 Å². The molecule has 0 radical (unpaired) electrons. The Labute approximate surface area is 37.1 Å². The lowest BCUT2D eigenvalue weighted by Crippen LogP contribution is -1.69. The highest BCUT2D eigenvalue weighted by molar-refractivity contribution is 7.46. The van der Waals surface area contributed by atoms with E-state index in [-0.39, 0.29) is 5.52 Å². The first-order valence-electron chi connectivity index (χ1n) is 1.43. The van der Waals surface area contributed by atoms with E-state index in [0.29, 0.717) is 0 Å². The zero-order valence-electron chi connectivity index (χ0n) is 3.18. The molecule has 0 saturated heterocycles. The van der Waals surface area contributed by atoms with Crippen LogP contribution in [0.25, 0.3) is 0 Å². The quantitative estimate of drug-likeness (QED) is 0.376. The first-order chi connectivity index (χ1) is 2.81. The average Bonchev–Trinajstić information content (AvgIpc) is 1.65. The maximum atomic E-state index is 9.79. The first kappa shape index (κ1) is 5.64. The van der Waals surface area contributed by atoms with Crippen molar-refractivity contribution >= 4 is 14.0 Å². The molecule has 0 aromatic rings. The third kappa shape index (κ3) is 1.91. The van der Waals surface area contributed by atoms with Crippen molar-refractivity contribution in [1.82, 2.24) is 0 Å². The summed E-state index contributed by atoms with van der Waals surface area (Å²) in [5, 5.41) is 0. The van der Waals surface area contributed by atoms with E-state index in [2.05, 4.69) is 6.58 Å². The number of hydrogen-bond acceptors (Lipinski definition) is 2. The lowest BCUT2D eigenvalue weighted by molar-refractivity contribution is -0.107. The minimum absolute atomic E-state index is 0.366. The monoisotopic (exact) mass is 104 g/mol. The standard InChI is InChI=1S/C3H5O2P/c1-2-3(4)6-5/h2H,1,6H2. The van der Waals surface area contributed by atoms with Crippen LogP contribution >= 0.6 is 8.46 Å². The van der Waals surface area contributed by atoms with Gasteiger partial charge in [-0.3, -0.25) is 4.79 Å². The molecule has 1 unspecified atom stereocenters. The van der Waals surface area contributed by atoms with Gasteiger partial charge in [0.25, 0.3) is 0 Å². The summed E-state index contributed by atoms with van der Waals surface area (Å²) in [5.74, 6) is 0. The molecule has 6 heavy (non-hydrogen) atoms. The third-order valence-electron chi connectivity index (χ3n) is 0.317. The minimum Gasteiger partial charge on any atom is -0.322 e. The Morgan fingerprint density at radius 2 is 2.33 bits per heavy atom. The molecule has 2 nitrogen and oxygen atoms in total. The van der Waals surface area contributed by atoms with Gasteiger partial charge >= 0.3 is 0 Å². The Kier molecular flexibility index (Phi) is 2.68. The highest BCUT2D eigenvalue weighted by Gasteiger charge is 1.80. The molecule has 0 spiro atoms. The molecule has 0 bridgehead atoms. The van der Waals surface area contributed by atoms with Crippen LogP contribution in [0.1, 0.15) is 0 Å². The maximum absolute atomic E-state index is 9.79. The molecule has 0 aromatic heterocycles. The largest absolute Gasteiger partial charge is 0.322 e. The van der Waals surface area contributed by atoms with Crippen LogP contribution < -0.4 is 0 Å². The molecule has 0 amide bonds. The van der Waals surface area contributed by atoms with Crippen molar-refractivity contribution in [3.05, 3.63) is 12.7 Å². The molecular formula is C3H5O2P. The fraction of sp³-hybridized carbons (Fsp3) is 0. The second-order valence-corrected chi connectivity index (χ2v) is 1.53. The number of carbonyl (C=O) groups excluding carboxylic acids is 1. The van der Waals surface area contributed by atoms with E-state index in [4.69, 9.17) is 0 Å². The van der Waals surface area contributed by atoms with Crippen LogP contribution in [0, 0.1) is 0 Å². The molecule has 0 rings (SSSR count). The van der Waals surface area contributed by atoms with Gasteiger partial charge in [0.15, 0.2) is 0 Å². The molecule has 3 heteroatoms. The molecule has 34 valence electrons. The van der Waals surface area contributed by atoms with Crippen LogP contribution in [0.5, 0.6) is 0 Å². The summed E-state index contributed by atoms with van der Waals surface area (Å²) in [6.07, 6.45) is 1.06. The molecular weight excluding hydrogens is 99.0 g/mol. The minimum atomic E-state index is -1.27. The van der Waals surface area contributed by atoms with Gasteiger partial charge in [-0.1, -0.05) is 6.58 Å². The van der Waals surface area contributed by atoms with Gasteiger partial charge in [-0.05, 0) is 6.08 Å². The van der Waals surface area contributed by atoms with E-state index in [1.54, 1.807) is 0 Å². The summed E-state index contributed by atoms with van der Waals surface area (Å²) in [6, 6.07) is 0. The van der Waals surface area contributed by atoms with E-state index >= 15 is 0 Å². The van der Waals surface area contributed by atoms with E-state index in [1.165, 1.54) is 0 Å². The van der Waals surface area contributed by atoms with Crippen LogP contribution in [-0.4, -0.2) is 5.52 Å². The predicted octanol–water partition coefficient (Wildman–Crippen LogP) is 0.455. The van der Waals surface area contributed by atoms with Gasteiger partial charge < -0.3 is 4.57 Å². The van der Waals surface area contributed by atoms with Crippen LogP contribution in [0.15, 0.2) is 12.7 Å². The molecule has 0 N–H and O–H groups in total. The number of allylic oxidation sites excluding steroid dienone is 1. The van der Waals surface area contributed by atoms with Crippen molar-refractivity contribution in [3.8, 4) is 0 Å². The predicted molar refractivity (Wildman–Crippen MR) is 25.6 cm³/mol. The average molecular weight is 104 g/mol. The Morgan fingerprint density at radius 3 is 2.33 bits per heavy atom. The van der Waals surface area contributed by atoms with Crippen molar-refractivity contribution in [2.45, 2.75) is 0 Å². The third-order valence-corrected chi connectivity index (χ3v) is 0.785. The fourth-order valence-electron chi connectivity index (χ4n) is 0.0481. The van der Waals surface area contributed by atoms with Gasteiger partial charge in [-0.2, -0.15) is 0 Å². The van der Waals surface area contributed by atoms with Crippen molar-refractivity contribution in [1.29, 1.82) is 0 Å². The first-order valence-corrected chi connectivity index (χ1v) is 2.47. The van der Waals surface area contributed by atoms with Crippen molar-refractivity contribution in [2.24, 2.45) is 0 Å². The van der Waals surface area contributed by atoms with Crippen LogP contribution in [0.4, 0.5) is 0 Å². The van der Waals surface area contributed by atoms with Gasteiger partial charge in [0.2, 0.25) is 5.52 Å². The van der Waals surface area contributed by atoms with E-state index in [9.17, 15) is 9.36 Å². The Balaban J connectivity index is 3.52. The molecule has 0 aromatic carbocycles. The molecule has 0 aliphatic heterocycles. The SMILES string of the molecule is C=CC(=O)[PH2]=O. The highest BCUT2D eigenvalue weighted by Crippen LogP contribution is 1.91. The Morgan fingerprint density at radius 1 is 1.83 bits per heavy atom. The summed E-state index contributed by atoms with van der Waals surface area (Å²) in [7, 11) is -1.27. The summed E-state index contributed by atoms with van der Waals surface area (Å²) in [6.45, 7) is 3.10. The molecule has 0 heterocycles. The number of rotatable bonds is 2. The van der Waals surface area contributed by atoms with E-state index in [1.807, 2.05) is 0 Å². The lowest BCUT2D eigenvalue weighted by atomic mass is 10.7. The Bertz CT molecular complexity index is 76.8. The van der Waals surface area contributed by atoms with Crippen molar-refractivity contribution in [2.75, 3.05) is 0 Å². The van der Waals surface area contributed by atoms with Crippen LogP contribution in [-0.2, 0) is 9.36 Å². The summed E-state index contributed by atoms with van der Waals surface area (Å²) in [5.41, 5.74) is -0.366. The molecule has 0 aliphatic rings. The Hall–Kier alpha value is -0.360. The van der Waals surface area contributed by atoms with Gasteiger partial charge in [-0.15, -0.1) is 0 Å². The van der Waals surface area contributed by atoms with Gasteiger partial charge in [0.05, 0.1) is 0 Å². The fourth-order valence-corrected chi connectivity index (χ4v) is 0.144. The lowest BCUT2D eigenvalue weighted by Gasteiger charge is -1.64. The second kappa shape index (κ2) is 2.86. The maximum Gasteiger partial charge on any atom is 0.207 e. The molecule has 0 saturated carbocycles. The van der Waals surface area contributed by atoms with Gasteiger partial charge in [-0.25, -0.2) is 0 Å². The molecule has 1 atom stereocenters. The van der Waals surface area contributed by atoms with Crippen molar-refractivity contribution in [3.63, 3.8) is 0 Å². The van der Waals surface area contributed by atoms with Crippen molar-refractivity contribution < 1.29 is 9.36 Å². The smallest absolute Gasteiger partial charge is 0.207 e. The van der Waals surface area contributed by atoms with Crippen LogP contribution in [0.2, 0.25) is 0 Å². The molecule has 0 fully saturated rings. The van der Waals surface area contributed by atoms with Gasteiger partial charge in [0, 0.05) is 0 Å². The van der Waals surface area contributed by atoms with E-state index in [0.717, 1.165) is 6.08 Å².